The van der Waals surface area contributed by atoms with E-state index in [1.54, 1.807) is 30.3 Å². The van der Waals surface area contributed by atoms with Crippen molar-refractivity contribution in [3.63, 3.8) is 0 Å². The third kappa shape index (κ3) is 4.39. The maximum atomic E-state index is 13.2. The van der Waals surface area contributed by atoms with E-state index in [9.17, 15) is 14.9 Å². The summed E-state index contributed by atoms with van der Waals surface area (Å²) in [5, 5.41) is 10.2. The quantitative estimate of drug-likeness (QED) is 0.634. The lowest BCUT2D eigenvalue weighted by Crippen LogP contribution is -2.41. The first kappa shape index (κ1) is 24.8. The van der Waals surface area contributed by atoms with E-state index in [1.165, 1.54) is 19.1 Å². The topological polar surface area (TPSA) is 118 Å². The van der Waals surface area contributed by atoms with Gasteiger partial charge < -0.3 is 24.8 Å². The summed E-state index contributed by atoms with van der Waals surface area (Å²) < 4.78 is 15.6. The summed E-state index contributed by atoms with van der Waals surface area (Å²) in [6.07, 6.45) is 0. The molecule has 1 fully saturated rings. The lowest BCUT2D eigenvalue weighted by atomic mass is 9.81. The summed E-state index contributed by atoms with van der Waals surface area (Å²) in [4.78, 5) is 30.0. The summed E-state index contributed by atoms with van der Waals surface area (Å²) in [6.45, 7) is 4.78. The number of nitrogens with zero attached hydrogens (tertiary/aromatic N) is 3. The van der Waals surface area contributed by atoms with Gasteiger partial charge in [0, 0.05) is 24.5 Å². The molecule has 0 saturated carbocycles. The summed E-state index contributed by atoms with van der Waals surface area (Å²) in [5.74, 6) is -2.39. The van der Waals surface area contributed by atoms with Crippen molar-refractivity contribution in [2.75, 3.05) is 50.3 Å². The molecular weight excluding hydrogens is 460 g/mol. The normalized spacial score (nSPS) is 18.1. The summed E-state index contributed by atoms with van der Waals surface area (Å²) >= 11 is 0. The number of carbonyl (C=O) groups excluding carboxylic acids is 2. The highest BCUT2D eigenvalue weighted by molar-refractivity contribution is 6.06. The maximum Gasteiger partial charge on any atom is 0.355 e. The van der Waals surface area contributed by atoms with E-state index < -0.39 is 17.9 Å². The molecule has 1 saturated heterocycles. The molecule has 2 N–H and O–H groups in total. The van der Waals surface area contributed by atoms with Crippen LogP contribution in [0.25, 0.3) is 0 Å². The molecule has 0 aliphatic carbocycles. The van der Waals surface area contributed by atoms with E-state index in [2.05, 4.69) is 11.0 Å². The molecule has 9 heteroatoms. The van der Waals surface area contributed by atoms with Gasteiger partial charge in [0.05, 0.1) is 50.6 Å². The third-order valence-corrected chi connectivity index (χ3v) is 6.40. The predicted octanol–water partition coefficient (Wildman–Crippen LogP) is 2.73. The number of allylic oxidation sites excluding steroid dienone is 1. The lowest BCUT2D eigenvalue weighted by Gasteiger charge is -2.36. The van der Waals surface area contributed by atoms with Gasteiger partial charge in [-0.3, -0.25) is 4.90 Å². The van der Waals surface area contributed by atoms with Crippen LogP contribution < -0.4 is 15.5 Å². The molecule has 186 valence electrons. The van der Waals surface area contributed by atoms with Crippen molar-refractivity contribution < 1.29 is 23.8 Å². The fourth-order valence-electron chi connectivity index (χ4n) is 4.72. The number of anilines is 2. The van der Waals surface area contributed by atoms with E-state index in [1.807, 2.05) is 25.1 Å². The molecule has 0 bridgehead atoms. The highest BCUT2D eigenvalue weighted by Crippen LogP contribution is 2.43. The van der Waals surface area contributed by atoms with Crippen molar-refractivity contribution >= 4 is 23.3 Å². The first-order valence-electron chi connectivity index (χ1n) is 11.5. The van der Waals surface area contributed by atoms with Crippen LogP contribution in [0.3, 0.4) is 0 Å². The zero-order chi connectivity index (χ0) is 25.8. The van der Waals surface area contributed by atoms with Gasteiger partial charge in [-0.15, -0.1) is 0 Å². The van der Waals surface area contributed by atoms with Crippen molar-refractivity contribution in [1.82, 2.24) is 0 Å². The zero-order valence-corrected chi connectivity index (χ0v) is 20.5. The van der Waals surface area contributed by atoms with Crippen LogP contribution in [0.15, 0.2) is 71.2 Å². The Morgan fingerprint density at radius 3 is 2.31 bits per heavy atom. The van der Waals surface area contributed by atoms with Gasteiger partial charge in [-0.25, -0.2) is 9.59 Å². The van der Waals surface area contributed by atoms with Crippen molar-refractivity contribution in [3.8, 4) is 6.07 Å². The number of esters is 2. The van der Waals surface area contributed by atoms with Gasteiger partial charge in [0.15, 0.2) is 0 Å². The van der Waals surface area contributed by atoms with Crippen LogP contribution >= 0.6 is 0 Å². The maximum absolute atomic E-state index is 13.2. The molecule has 0 amide bonds. The molecule has 2 aromatic carbocycles. The van der Waals surface area contributed by atoms with Gasteiger partial charge in [-0.2, -0.15) is 5.26 Å². The second kappa shape index (κ2) is 10.5. The monoisotopic (exact) mass is 488 g/mol. The molecule has 1 atom stereocenters. The van der Waals surface area contributed by atoms with E-state index in [0.717, 1.165) is 24.3 Å². The van der Waals surface area contributed by atoms with Gasteiger partial charge >= 0.3 is 11.9 Å². The average molecular weight is 489 g/mol. The third-order valence-electron chi connectivity index (χ3n) is 6.40. The van der Waals surface area contributed by atoms with Crippen molar-refractivity contribution in [2.45, 2.75) is 12.8 Å². The van der Waals surface area contributed by atoms with E-state index in [4.69, 9.17) is 19.9 Å². The Morgan fingerprint density at radius 2 is 1.72 bits per heavy atom. The number of nitriles is 1. The fraction of sp³-hybridized carbons (Fsp3) is 0.296. The zero-order valence-electron chi connectivity index (χ0n) is 20.5. The molecule has 9 nitrogen and oxygen atoms in total. The smallest absolute Gasteiger partial charge is 0.355 e. The number of benzene rings is 2. The van der Waals surface area contributed by atoms with Crippen LogP contribution in [0, 0.1) is 18.3 Å². The molecule has 2 aliphatic heterocycles. The Bertz CT molecular complexity index is 1270. The van der Waals surface area contributed by atoms with Gasteiger partial charge in [0.1, 0.15) is 11.5 Å². The minimum Gasteiger partial charge on any atom is -0.466 e. The predicted molar refractivity (Wildman–Crippen MR) is 134 cm³/mol. The second-order valence-corrected chi connectivity index (χ2v) is 8.41. The number of carbonyl (C=O) groups is 2. The van der Waals surface area contributed by atoms with Crippen molar-refractivity contribution in [1.29, 1.82) is 5.26 Å². The summed E-state index contributed by atoms with van der Waals surface area (Å²) in [5.41, 5.74) is 9.70. The van der Waals surface area contributed by atoms with Crippen LogP contribution in [0.5, 0.6) is 0 Å². The molecule has 36 heavy (non-hydrogen) atoms. The summed E-state index contributed by atoms with van der Waals surface area (Å²) in [6, 6.07) is 16.7. The first-order valence-corrected chi connectivity index (χ1v) is 11.5. The summed E-state index contributed by atoms with van der Waals surface area (Å²) in [7, 11) is 2.46. The molecular formula is C27H28N4O5. The van der Waals surface area contributed by atoms with Gasteiger partial charge in [0.2, 0.25) is 0 Å². The Balaban J connectivity index is 1.94. The number of methoxy groups -OCH3 is 2. The average Bonchev–Trinajstić information content (AvgIpc) is 2.92. The standard InChI is InChI=1S/C27H28N4O5/c1-17-15-19(9-10-21(17)30-11-13-36-14-12-30)31-24(27(33)35-3)23(26(32)34-2)22(20(16-28)25(31)29)18-7-5-4-6-8-18/h4-10,15,22H,11-14,29H2,1-3H3. The number of aryl methyl sites for hydroxylation is 1. The number of nitrogens with two attached hydrogens (primary N) is 1. The number of hydrogen-bond acceptors (Lipinski definition) is 9. The van der Waals surface area contributed by atoms with Crippen LogP contribution in [0.1, 0.15) is 17.0 Å². The molecule has 1 unspecified atom stereocenters. The Hall–Kier alpha value is -4.29. The molecule has 0 radical (unpaired) electrons. The molecule has 2 heterocycles. The largest absolute Gasteiger partial charge is 0.466 e. The molecule has 0 aromatic heterocycles. The van der Waals surface area contributed by atoms with E-state index in [-0.39, 0.29) is 22.7 Å². The fourth-order valence-corrected chi connectivity index (χ4v) is 4.72. The number of hydrogen-bond donors (Lipinski definition) is 1. The molecule has 0 spiro atoms. The first-order chi connectivity index (χ1) is 17.4. The van der Waals surface area contributed by atoms with Crippen LogP contribution in [0.2, 0.25) is 0 Å². The van der Waals surface area contributed by atoms with Gasteiger partial charge in [0.25, 0.3) is 0 Å². The highest BCUT2D eigenvalue weighted by atomic mass is 16.5. The molecule has 4 rings (SSSR count). The molecule has 2 aliphatic rings. The number of rotatable bonds is 5. The minimum absolute atomic E-state index is 0.0174. The SMILES string of the molecule is COC(=O)C1=C(C(=O)OC)N(c2ccc(N3CCOCC3)c(C)c2)C(N)=C(C#N)C1c1ccccc1. The van der Waals surface area contributed by atoms with E-state index in [0.29, 0.717) is 24.5 Å². The number of morpholine rings is 1. The van der Waals surface area contributed by atoms with Crippen molar-refractivity contribution in [3.05, 3.63) is 82.3 Å². The minimum atomic E-state index is -0.900. The second-order valence-electron chi connectivity index (χ2n) is 8.41. The lowest BCUT2D eigenvalue weighted by molar-refractivity contribution is -0.139. The highest BCUT2D eigenvalue weighted by Gasteiger charge is 2.43. The van der Waals surface area contributed by atoms with Crippen LogP contribution in [-0.2, 0) is 23.8 Å². The van der Waals surface area contributed by atoms with Crippen LogP contribution in [-0.4, -0.2) is 52.5 Å². The van der Waals surface area contributed by atoms with Gasteiger partial charge in [-0.1, -0.05) is 30.3 Å². The van der Waals surface area contributed by atoms with Crippen molar-refractivity contribution in [2.24, 2.45) is 5.73 Å². The van der Waals surface area contributed by atoms with E-state index >= 15 is 0 Å². The van der Waals surface area contributed by atoms with Crippen LogP contribution in [0.4, 0.5) is 11.4 Å². The van der Waals surface area contributed by atoms with Gasteiger partial charge in [-0.05, 0) is 36.2 Å². The Kier molecular flexibility index (Phi) is 7.27. The Labute approximate surface area is 209 Å². The Morgan fingerprint density at radius 1 is 1.06 bits per heavy atom. The molecule has 2 aromatic rings. The number of ether oxygens (including phenoxy) is 3.